The summed E-state index contributed by atoms with van der Waals surface area (Å²) in [5.41, 5.74) is 13.0. The molecule has 1 radical (unpaired) electrons. The van der Waals surface area contributed by atoms with Gasteiger partial charge in [0, 0.05) is 52.6 Å². The van der Waals surface area contributed by atoms with Crippen LogP contribution >= 0.6 is 0 Å². The summed E-state index contributed by atoms with van der Waals surface area (Å²) in [7, 11) is -3.15. The number of para-hydroxylation sites is 2. The molecule has 5 nitrogen and oxygen atoms in total. The predicted octanol–water partition coefficient (Wildman–Crippen LogP) is 17.2. The van der Waals surface area contributed by atoms with Crippen LogP contribution in [-0.4, -0.2) is 35.7 Å². The van der Waals surface area contributed by atoms with Crippen molar-refractivity contribution in [1.29, 1.82) is 0 Å². The first kappa shape index (κ1) is 48.6. The van der Waals surface area contributed by atoms with E-state index in [9.17, 15) is 0 Å². The fraction of sp³-hybridized carbons (Fsp3) is 0.258. The van der Waals surface area contributed by atoms with E-state index >= 15 is 0 Å². The largest absolute Gasteiger partial charge is 0.501 e. The third-order valence-corrected chi connectivity index (χ3v) is 18.2. The van der Waals surface area contributed by atoms with Crippen molar-refractivity contribution in [3.8, 4) is 39.6 Å². The zero-order valence-electron chi connectivity index (χ0n) is 48.0. The van der Waals surface area contributed by atoms with Gasteiger partial charge in [0.05, 0.1) is 44.4 Å². The standard InChI is InChI=1S/C51H51N2OSi2.C15H17N2.Ir/c1-31(2)42-27-36(35-24-37(55(5,6)7)29-38(25-35)56(8,9)10)28-43(32(3)4)49(42)53-47-21-14-13-20-46(47)52-51(53)41-19-15-18-40-45-26-34-23-22-33-16-11-12-17-39(33)44(34)30-48(45)54-50(40)41;1-11-5-7-12(8-6-11)14-16-10-9-13(17-14)15(2,3)4;/h11-18,20-32H,1-10H3;5-7,9-10H,1-4H3;/q2*-1;/i;1D3;. The van der Waals surface area contributed by atoms with Crippen molar-refractivity contribution >= 4 is 81.0 Å². The van der Waals surface area contributed by atoms with Crippen LogP contribution < -0.4 is 10.4 Å². The van der Waals surface area contributed by atoms with Gasteiger partial charge in [0.15, 0.2) is 0 Å². The molecular weight excluding hydrogens is 1110 g/mol. The number of hydrogen-bond acceptors (Lipinski definition) is 4. The van der Waals surface area contributed by atoms with Gasteiger partial charge in [-0.2, -0.15) is 0 Å². The van der Waals surface area contributed by atoms with Crippen LogP contribution in [0.5, 0.6) is 0 Å². The van der Waals surface area contributed by atoms with E-state index in [1.807, 2.05) is 12.1 Å². The van der Waals surface area contributed by atoms with Crippen LogP contribution in [-0.2, 0) is 25.5 Å². The molecule has 0 N–H and O–H groups in total. The number of aryl methyl sites for hydroxylation is 1. The summed E-state index contributed by atoms with van der Waals surface area (Å²) in [5.74, 6) is 1.95. The average Bonchev–Trinajstić information content (AvgIpc) is 4.07. The van der Waals surface area contributed by atoms with Crippen LogP contribution in [0.25, 0.3) is 94.1 Å². The minimum atomic E-state index is -2.11. The van der Waals surface area contributed by atoms with Crippen molar-refractivity contribution in [1.82, 2.24) is 19.5 Å². The Morgan fingerprint density at radius 3 is 1.95 bits per heavy atom. The summed E-state index contributed by atoms with van der Waals surface area (Å²) in [6.45, 7) is 28.3. The summed E-state index contributed by atoms with van der Waals surface area (Å²) in [6.07, 6.45) is 1.72. The van der Waals surface area contributed by atoms with E-state index in [1.165, 1.54) is 65.9 Å². The van der Waals surface area contributed by atoms with Crippen molar-refractivity contribution in [2.45, 2.75) is 112 Å². The van der Waals surface area contributed by atoms with Gasteiger partial charge in [-0.25, -0.2) is 0 Å². The fourth-order valence-electron chi connectivity index (χ4n) is 9.94. The SMILES string of the molecule is CC(C)c1cc(-c2cc([Si](C)(C)C)cc([Si](C)(C)C)c2)cc(C(C)C)c1-n1c(-c2[c-]ccc3c2oc2cc4c(ccc5ccccc54)cc23)nc2ccccc21.[2H]C([2H])([2H])c1c[c-]c(-c2nccc(C(C)(C)C)n2)cc1.[Ir]. The third kappa shape index (κ3) is 10.1. The molecule has 8 heteroatoms. The summed E-state index contributed by atoms with van der Waals surface area (Å²) in [6, 6.07) is 56.0. The van der Waals surface area contributed by atoms with E-state index in [0.29, 0.717) is 11.4 Å². The molecule has 74 heavy (non-hydrogen) atoms. The second-order valence-corrected chi connectivity index (χ2v) is 33.6. The Labute approximate surface area is 458 Å². The third-order valence-electron chi connectivity index (χ3n) is 14.2. The average molecular weight is 1180 g/mol. The van der Waals surface area contributed by atoms with Gasteiger partial charge >= 0.3 is 0 Å². The molecule has 0 bridgehead atoms. The molecule has 0 fully saturated rings. The van der Waals surface area contributed by atoms with E-state index in [4.69, 9.17) is 13.5 Å². The number of imidazole rings is 1. The van der Waals surface area contributed by atoms with Gasteiger partial charge in [-0.15, -0.1) is 53.6 Å². The Morgan fingerprint density at radius 1 is 0.635 bits per heavy atom. The number of furan rings is 1. The topological polar surface area (TPSA) is 56.7 Å². The van der Waals surface area contributed by atoms with Crippen molar-refractivity contribution in [2.75, 3.05) is 0 Å². The minimum Gasteiger partial charge on any atom is -0.501 e. The first-order valence-electron chi connectivity index (χ1n) is 27.2. The van der Waals surface area contributed by atoms with Crippen molar-refractivity contribution in [3.63, 3.8) is 0 Å². The second-order valence-electron chi connectivity index (χ2n) is 23.4. The summed E-state index contributed by atoms with van der Waals surface area (Å²) < 4.78 is 31.4. The van der Waals surface area contributed by atoms with Crippen LogP contribution in [0.1, 0.15) is 86.8 Å². The van der Waals surface area contributed by atoms with Gasteiger partial charge in [0.25, 0.3) is 0 Å². The number of benzene rings is 8. The van der Waals surface area contributed by atoms with E-state index in [0.717, 1.165) is 50.1 Å². The number of nitrogens with zero attached hydrogens (tertiary/aromatic N) is 4. The van der Waals surface area contributed by atoms with E-state index < -0.39 is 23.0 Å². The Morgan fingerprint density at radius 2 is 1.30 bits per heavy atom. The molecule has 0 saturated heterocycles. The Bertz CT molecular complexity index is 3940. The predicted molar refractivity (Wildman–Crippen MR) is 317 cm³/mol. The zero-order chi connectivity index (χ0) is 54.2. The zero-order valence-corrected chi connectivity index (χ0v) is 49.4. The van der Waals surface area contributed by atoms with E-state index in [1.54, 1.807) is 18.3 Å². The quantitative estimate of drug-likeness (QED) is 0.0864. The maximum absolute atomic E-state index is 7.35. The van der Waals surface area contributed by atoms with Crippen LogP contribution in [0.4, 0.5) is 0 Å². The van der Waals surface area contributed by atoms with Crippen molar-refractivity contribution in [2.24, 2.45) is 0 Å². The molecule has 11 rings (SSSR count). The molecule has 0 unspecified atom stereocenters. The Balaban J connectivity index is 0.000000290. The van der Waals surface area contributed by atoms with Crippen molar-refractivity contribution < 1.29 is 28.6 Å². The first-order valence-corrected chi connectivity index (χ1v) is 32.7. The molecule has 0 aliphatic heterocycles. The normalized spacial score (nSPS) is 13.1. The second kappa shape index (κ2) is 20.1. The summed E-state index contributed by atoms with van der Waals surface area (Å²) in [4.78, 5) is 14.2. The van der Waals surface area contributed by atoms with Crippen LogP contribution in [0.15, 0.2) is 150 Å². The molecule has 0 atom stereocenters. The molecule has 0 aliphatic rings. The fourth-order valence-corrected chi connectivity index (χ4v) is 12.4. The first-order chi connectivity index (χ1) is 35.8. The van der Waals surface area contributed by atoms with Gasteiger partial charge in [-0.1, -0.05) is 183 Å². The molecule has 3 heterocycles. The molecular formula is C66H68IrN4OSi2-2. The minimum absolute atomic E-state index is 0. The summed E-state index contributed by atoms with van der Waals surface area (Å²) >= 11 is 0. The van der Waals surface area contributed by atoms with Gasteiger partial charge in [0.2, 0.25) is 0 Å². The number of fused-ring (bicyclic) bond motifs is 7. The van der Waals surface area contributed by atoms with Gasteiger partial charge in [-0.3, -0.25) is 15.0 Å². The summed E-state index contributed by atoms with van der Waals surface area (Å²) in [5, 5.41) is 10.1. The number of rotatable bonds is 8. The Kier molecular flexibility index (Phi) is 13.2. The maximum Gasteiger partial charge on any atom is 0.121 e. The van der Waals surface area contributed by atoms with E-state index in [2.05, 4.69) is 224 Å². The molecule has 0 spiro atoms. The van der Waals surface area contributed by atoms with Gasteiger partial charge in [0.1, 0.15) is 5.58 Å². The Hall–Kier alpha value is -6.29. The van der Waals surface area contributed by atoms with Gasteiger partial charge < -0.3 is 8.98 Å². The molecule has 0 aliphatic carbocycles. The molecule has 8 aromatic carbocycles. The number of hydrogen-bond donors (Lipinski definition) is 0. The smallest absolute Gasteiger partial charge is 0.121 e. The van der Waals surface area contributed by atoms with Crippen LogP contribution in [0, 0.1) is 19.0 Å². The van der Waals surface area contributed by atoms with Crippen LogP contribution in [0.3, 0.4) is 0 Å². The maximum atomic E-state index is 7.35. The monoisotopic (exact) mass is 1180 g/mol. The molecule has 3 aromatic heterocycles. The molecule has 11 aromatic rings. The van der Waals surface area contributed by atoms with E-state index in [-0.39, 0.29) is 42.9 Å². The van der Waals surface area contributed by atoms with Crippen LogP contribution in [0.2, 0.25) is 39.3 Å². The number of aromatic nitrogens is 4. The van der Waals surface area contributed by atoms with Gasteiger partial charge in [-0.05, 0) is 98.1 Å². The van der Waals surface area contributed by atoms with Crippen molar-refractivity contribution in [3.05, 3.63) is 180 Å². The molecule has 377 valence electrons. The molecule has 0 amide bonds. The molecule has 0 saturated carbocycles.